The van der Waals surface area contributed by atoms with E-state index in [4.69, 9.17) is 0 Å². The molecule has 0 saturated heterocycles. The first kappa shape index (κ1) is 15.7. The van der Waals surface area contributed by atoms with Crippen LogP contribution in [0.25, 0.3) is 0 Å². The highest BCUT2D eigenvalue weighted by Gasteiger charge is 2.65. The topological polar surface area (TPSA) is 54.4 Å². The van der Waals surface area contributed by atoms with E-state index in [0.29, 0.717) is 23.5 Å². The Kier molecular flexibility index (Phi) is 3.14. The van der Waals surface area contributed by atoms with E-state index in [1.165, 1.54) is 6.42 Å². The predicted molar refractivity (Wildman–Crippen MR) is 87.9 cm³/mol. The van der Waals surface area contributed by atoms with Crippen molar-refractivity contribution >= 4 is 11.8 Å². The third kappa shape index (κ3) is 1.88. The van der Waals surface area contributed by atoms with Crippen LogP contribution in [0, 0.1) is 39.9 Å². The first-order valence-electron chi connectivity index (χ1n) is 9.47. The summed E-state index contributed by atoms with van der Waals surface area (Å²) < 4.78 is 0. The lowest BCUT2D eigenvalue weighted by molar-refractivity contribution is -0.165. The van der Waals surface area contributed by atoms with Gasteiger partial charge in [-0.3, -0.25) is 9.59 Å². The van der Waals surface area contributed by atoms with E-state index < -0.39 is 5.97 Å². The van der Waals surface area contributed by atoms with Crippen LogP contribution in [0.3, 0.4) is 0 Å². The third-order valence-corrected chi connectivity index (χ3v) is 8.75. The summed E-state index contributed by atoms with van der Waals surface area (Å²) in [7, 11) is 0. The van der Waals surface area contributed by atoms with Crippen molar-refractivity contribution in [1.29, 1.82) is 0 Å². The number of fused-ring (bicyclic) bond motifs is 3. The summed E-state index contributed by atoms with van der Waals surface area (Å²) in [5.74, 6) is 1.27. The zero-order valence-electron chi connectivity index (χ0n) is 14.7. The lowest BCUT2D eigenvalue weighted by atomic mass is 9.41. The Morgan fingerprint density at radius 3 is 2.48 bits per heavy atom. The van der Waals surface area contributed by atoms with Crippen molar-refractivity contribution in [2.45, 2.75) is 72.1 Å². The summed E-state index contributed by atoms with van der Waals surface area (Å²) in [5, 5.41) is 9.62. The van der Waals surface area contributed by atoms with E-state index in [1.807, 2.05) is 0 Å². The molecule has 4 aliphatic rings. The van der Waals surface area contributed by atoms with Gasteiger partial charge in [0.15, 0.2) is 0 Å². The van der Waals surface area contributed by atoms with Gasteiger partial charge < -0.3 is 5.11 Å². The maximum Gasteiger partial charge on any atom is 0.306 e. The number of carbonyl (C=O) groups is 2. The molecule has 0 aromatic rings. The molecule has 23 heavy (non-hydrogen) atoms. The molecule has 4 rings (SSSR count). The van der Waals surface area contributed by atoms with E-state index in [9.17, 15) is 14.7 Å². The summed E-state index contributed by atoms with van der Waals surface area (Å²) in [4.78, 5) is 24.2. The van der Waals surface area contributed by atoms with Crippen molar-refractivity contribution < 1.29 is 14.7 Å². The van der Waals surface area contributed by atoms with Crippen LogP contribution in [0.2, 0.25) is 0 Å². The second kappa shape index (κ2) is 4.61. The van der Waals surface area contributed by atoms with Gasteiger partial charge in [-0.15, -0.1) is 0 Å². The molecular formula is C20H30O3. The SMILES string of the molecule is CC1(C)C(=O)CC[C@@]2(C)C3CC[C@@H]4C[C@@]3(CC[C@H]12)C[C@H]4C(=O)O. The number of carboxylic acids is 1. The average molecular weight is 318 g/mol. The van der Waals surface area contributed by atoms with Gasteiger partial charge in [0.05, 0.1) is 5.92 Å². The van der Waals surface area contributed by atoms with E-state index >= 15 is 0 Å². The fourth-order valence-electron chi connectivity index (χ4n) is 7.76. The molecule has 6 atom stereocenters. The number of hydrogen-bond acceptors (Lipinski definition) is 2. The maximum absolute atomic E-state index is 12.5. The second-order valence-corrected chi connectivity index (χ2v) is 9.85. The Labute approximate surface area is 139 Å². The van der Waals surface area contributed by atoms with Crippen molar-refractivity contribution in [3.63, 3.8) is 0 Å². The number of hydrogen-bond donors (Lipinski definition) is 1. The number of rotatable bonds is 1. The molecule has 1 unspecified atom stereocenters. The van der Waals surface area contributed by atoms with Crippen LogP contribution >= 0.6 is 0 Å². The van der Waals surface area contributed by atoms with E-state index in [-0.39, 0.29) is 22.2 Å². The van der Waals surface area contributed by atoms with Crippen molar-refractivity contribution in [3.8, 4) is 0 Å². The number of aliphatic carboxylic acids is 1. The lowest BCUT2D eigenvalue weighted by Gasteiger charge is -2.63. The smallest absolute Gasteiger partial charge is 0.306 e. The summed E-state index contributed by atoms with van der Waals surface area (Å²) in [6.45, 7) is 6.76. The molecule has 3 nitrogen and oxygen atoms in total. The zero-order valence-corrected chi connectivity index (χ0v) is 14.7. The molecule has 1 spiro atoms. The van der Waals surface area contributed by atoms with Crippen LogP contribution in [0.1, 0.15) is 72.1 Å². The van der Waals surface area contributed by atoms with Crippen molar-refractivity contribution in [1.82, 2.24) is 0 Å². The van der Waals surface area contributed by atoms with E-state index in [1.54, 1.807) is 0 Å². The van der Waals surface area contributed by atoms with Gasteiger partial charge in [0, 0.05) is 11.8 Å². The van der Waals surface area contributed by atoms with Crippen LogP contribution in [0.15, 0.2) is 0 Å². The Bertz CT molecular complexity index is 565. The van der Waals surface area contributed by atoms with Gasteiger partial charge in [0.1, 0.15) is 5.78 Å². The van der Waals surface area contributed by atoms with Gasteiger partial charge in [0.25, 0.3) is 0 Å². The van der Waals surface area contributed by atoms with Crippen LogP contribution < -0.4 is 0 Å². The molecular weight excluding hydrogens is 288 g/mol. The minimum Gasteiger partial charge on any atom is -0.481 e. The summed E-state index contributed by atoms with van der Waals surface area (Å²) in [5.41, 5.74) is 0.290. The number of ketones is 1. The quantitative estimate of drug-likeness (QED) is 0.784. The lowest BCUT2D eigenvalue weighted by Crippen LogP contribution is -2.58. The molecule has 4 aliphatic carbocycles. The Morgan fingerprint density at radius 2 is 1.78 bits per heavy atom. The van der Waals surface area contributed by atoms with Crippen LogP contribution in [0.4, 0.5) is 0 Å². The Balaban J connectivity index is 1.71. The molecule has 128 valence electrons. The van der Waals surface area contributed by atoms with Crippen molar-refractivity contribution in [2.24, 2.45) is 39.9 Å². The number of Topliss-reactive ketones (excluding diaryl/α,β-unsaturated/α-hetero) is 1. The average Bonchev–Trinajstić information content (AvgIpc) is 2.75. The zero-order chi connectivity index (χ0) is 16.6. The summed E-state index contributed by atoms with van der Waals surface area (Å²) >= 11 is 0. The summed E-state index contributed by atoms with van der Waals surface area (Å²) in [6.07, 6.45) is 8.30. The van der Waals surface area contributed by atoms with E-state index in [0.717, 1.165) is 44.9 Å². The van der Waals surface area contributed by atoms with Gasteiger partial charge in [-0.25, -0.2) is 0 Å². The van der Waals surface area contributed by atoms with Crippen LogP contribution in [-0.2, 0) is 9.59 Å². The van der Waals surface area contributed by atoms with Crippen molar-refractivity contribution in [2.75, 3.05) is 0 Å². The van der Waals surface area contributed by atoms with Crippen LogP contribution in [0.5, 0.6) is 0 Å². The molecule has 0 aromatic heterocycles. The highest BCUT2D eigenvalue weighted by Crippen LogP contribution is 2.71. The molecule has 2 bridgehead atoms. The van der Waals surface area contributed by atoms with Gasteiger partial charge in [-0.05, 0) is 73.5 Å². The highest BCUT2D eigenvalue weighted by atomic mass is 16.4. The van der Waals surface area contributed by atoms with Gasteiger partial charge in [-0.1, -0.05) is 20.8 Å². The third-order valence-electron chi connectivity index (χ3n) is 8.75. The molecule has 0 aliphatic heterocycles. The molecule has 0 heterocycles. The Morgan fingerprint density at radius 1 is 1.04 bits per heavy atom. The number of carbonyl (C=O) groups excluding carboxylic acids is 1. The normalized spacial score (nSPS) is 51.0. The molecule has 4 saturated carbocycles. The fraction of sp³-hybridized carbons (Fsp3) is 0.900. The maximum atomic E-state index is 12.5. The molecule has 4 fully saturated rings. The molecule has 0 amide bonds. The Hall–Kier alpha value is -0.860. The van der Waals surface area contributed by atoms with Crippen LogP contribution in [-0.4, -0.2) is 16.9 Å². The number of carboxylic acid groups (broad SMARTS) is 1. The van der Waals surface area contributed by atoms with Gasteiger partial charge in [-0.2, -0.15) is 0 Å². The fourth-order valence-corrected chi connectivity index (χ4v) is 7.76. The van der Waals surface area contributed by atoms with Gasteiger partial charge in [0.2, 0.25) is 0 Å². The molecule has 1 N–H and O–H groups in total. The molecule has 3 heteroatoms. The monoisotopic (exact) mass is 318 g/mol. The minimum atomic E-state index is -0.570. The first-order chi connectivity index (χ1) is 10.7. The largest absolute Gasteiger partial charge is 0.481 e. The van der Waals surface area contributed by atoms with Gasteiger partial charge >= 0.3 is 5.97 Å². The van der Waals surface area contributed by atoms with Crippen molar-refractivity contribution in [3.05, 3.63) is 0 Å². The predicted octanol–water partition coefficient (Wildman–Crippen LogP) is 4.30. The highest BCUT2D eigenvalue weighted by molar-refractivity contribution is 5.85. The standard InChI is InChI=1S/C20H30O3/c1-18(2)14-6-9-20-10-12(13(11-20)17(22)23)4-5-15(20)19(14,3)8-7-16(18)21/h12-15H,4-11H2,1-3H3,(H,22,23)/t12-,13-,14-,15?,19-,20+/m1/s1. The molecule has 0 aromatic carbocycles. The first-order valence-corrected chi connectivity index (χ1v) is 9.47. The summed E-state index contributed by atoms with van der Waals surface area (Å²) in [6, 6.07) is 0. The second-order valence-electron chi connectivity index (χ2n) is 9.85. The minimum absolute atomic E-state index is 0.113. The molecule has 0 radical (unpaired) electrons. The van der Waals surface area contributed by atoms with E-state index in [2.05, 4.69) is 20.8 Å².